The summed E-state index contributed by atoms with van der Waals surface area (Å²) in [5.41, 5.74) is 7.56. The van der Waals surface area contributed by atoms with Crippen molar-refractivity contribution in [2.45, 2.75) is 25.7 Å². The maximum Gasteiger partial charge on any atom is 0.262 e. The summed E-state index contributed by atoms with van der Waals surface area (Å²) in [6, 6.07) is 9.71. The Morgan fingerprint density at radius 1 is 1.03 bits per heavy atom. The number of nitrogens with one attached hydrogen (secondary N) is 4. The summed E-state index contributed by atoms with van der Waals surface area (Å²) < 4.78 is 28.3. The molecule has 0 bridgehead atoms. The Bertz CT molecular complexity index is 953. The van der Waals surface area contributed by atoms with Crippen LogP contribution in [0.4, 0.5) is 17.1 Å². The monoisotopic (exact) mass is 436 g/mol. The van der Waals surface area contributed by atoms with Gasteiger partial charge in [-0.15, -0.1) is 0 Å². The quantitative estimate of drug-likeness (QED) is 0.336. The summed E-state index contributed by atoms with van der Waals surface area (Å²) in [5, 5.41) is 2.80. The van der Waals surface area contributed by atoms with Crippen LogP contribution in [0.2, 0.25) is 0 Å². The van der Waals surface area contributed by atoms with Gasteiger partial charge in [0.25, 0.3) is 10.0 Å². The van der Waals surface area contributed by atoms with Crippen molar-refractivity contribution in [1.29, 1.82) is 0 Å². The molecule has 0 aromatic heterocycles. The van der Waals surface area contributed by atoms with Crippen molar-refractivity contribution in [3.05, 3.63) is 47.5 Å². The zero-order valence-electron chi connectivity index (χ0n) is 16.4. The number of hydrogen-bond donors (Lipinski definition) is 4. The first-order chi connectivity index (χ1) is 13.8. The maximum atomic E-state index is 12.9. The van der Waals surface area contributed by atoms with Crippen LogP contribution in [0, 0.1) is 13.8 Å². The van der Waals surface area contributed by atoms with Crippen LogP contribution in [-0.4, -0.2) is 32.2 Å². The van der Waals surface area contributed by atoms with Crippen LogP contribution in [0.25, 0.3) is 0 Å². The number of aryl methyl sites for hydroxylation is 2. The summed E-state index contributed by atoms with van der Waals surface area (Å²) in [4.78, 5) is 22.4. The van der Waals surface area contributed by atoms with Crippen molar-refractivity contribution in [2.75, 3.05) is 27.0 Å². The van der Waals surface area contributed by atoms with Crippen molar-refractivity contribution >= 4 is 51.2 Å². The van der Waals surface area contributed by atoms with E-state index >= 15 is 0 Å². The van der Waals surface area contributed by atoms with E-state index < -0.39 is 10.0 Å². The number of anilines is 3. The Balaban J connectivity index is 2.19. The number of thioether (sulfide) groups is 1. The molecule has 0 aliphatic carbocycles. The van der Waals surface area contributed by atoms with Gasteiger partial charge in [0.05, 0.1) is 16.3 Å². The highest BCUT2D eigenvalue weighted by Gasteiger charge is 2.21. The third-order valence-corrected chi connectivity index (χ3v) is 6.42. The molecule has 0 saturated carbocycles. The van der Waals surface area contributed by atoms with E-state index in [1.165, 1.54) is 11.8 Å². The second-order valence-electron chi connectivity index (χ2n) is 6.19. The molecule has 2 aromatic rings. The largest absolute Gasteiger partial charge is 0.325 e. The van der Waals surface area contributed by atoms with Gasteiger partial charge in [-0.25, -0.2) is 8.42 Å². The molecular weight excluding hydrogens is 412 g/mol. The first-order valence-corrected chi connectivity index (χ1v) is 11.5. The summed E-state index contributed by atoms with van der Waals surface area (Å²) >= 11 is 1.51. The van der Waals surface area contributed by atoms with E-state index in [0.29, 0.717) is 40.4 Å². The first-order valence-electron chi connectivity index (χ1n) is 8.83. The van der Waals surface area contributed by atoms with Gasteiger partial charge in [0, 0.05) is 11.4 Å². The summed E-state index contributed by atoms with van der Waals surface area (Å²) in [6.07, 6.45) is 0.497. The molecule has 0 spiro atoms. The highest BCUT2D eigenvalue weighted by molar-refractivity contribution is 7.99. The van der Waals surface area contributed by atoms with E-state index in [4.69, 9.17) is 0 Å². The van der Waals surface area contributed by atoms with Gasteiger partial charge >= 0.3 is 0 Å². The lowest BCUT2D eigenvalue weighted by Crippen LogP contribution is -2.19. The van der Waals surface area contributed by atoms with E-state index in [-0.39, 0.29) is 10.8 Å². The minimum absolute atomic E-state index is 0.123. The van der Waals surface area contributed by atoms with Crippen molar-refractivity contribution in [3.8, 4) is 0 Å². The van der Waals surface area contributed by atoms with Crippen LogP contribution < -0.4 is 20.9 Å². The van der Waals surface area contributed by atoms with Gasteiger partial charge < -0.3 is 5.32 Å². The van der Waals surface area contributed by atoms with Gasteiger partial charge in [0.15, 0.2) is 0 Å². The molecule has 0 unspecified atom stereocenters. The van der Waals surface area contributed by atoms with E-state index in [0.717, 1.165) is 5.75 Å². The van der Waals surface area contributed by atoms with Gasteiger partial charge in [-0.2, -0.15) is 11.8 Å². The lowest BCUT2D eigenvalue weighted by Gasteiger charge is -2.15. The van der Waals surface area contributed by atoms with Crippen LogP contribution in [-0.2, 0) is 19.6 Å². The summed E-state index contributed by atoms with van der Waals surface area (Å²) in [6.45, 7) is 5.36. The number of amides is 2. The highest BCUT2D eigenvalue weighted by atomic mass is 32.2. The molecule has 10 heteroatoms. The van der Waals surface area contributed by atoms with E-state index in [2.05, 4.69) is 20.9 Å². The van der Waals surface area contributed by atoms with E-state index in [1.54, 1.807) is 50.2 Å². The Morgan fingerprint density at radius 2 is 1.62 bits per heavy atom. The molecule has 0 atom stereocenters. The Kier molecular flexibility index (Phi) is 7.91. The van der Waals surface area contributed by atoms with Crippen molar-refractivity contribution in [2.24, 2.45) is 0 Å². The lowest BCUT2D eigenvalue weighted by molar-refractivity contribution is -0.113. The molecule has 29 heavy (non-hydrogen) atoms. The molecule has 0 heterocycles. The maximum absolute atomic E-state index is 12.9. The van der Waals surface area contributed by atoms with Gasteiger partial charge in [-0.3, -0.25) is 25.2 Å². The fourth-order valence-corrected chi connectivity index (χ4v) is 4.75. The number of sulfonamides is 1. The second-order valence-corrected chi connectivity index (χ2v) is 9.09. The molecule has 156 valence electrons. The molecule has 0 fully saturated rings. The molecule has 8 nitrogen and oxygen atoms in total. The van der Waals surface area contributed by atoms with Crippen LogP contribution in [0.3, 0.4) is 0 Å². The average Bonchev–Trinajstić information content (AvgIpc) is 2.64. The molecule has 2 rings (SSSR count). The van der Waals surface area contributed by atoms with Crippen LogP contribution in [0.1, 0.15) is 18.1 Å². The molecule has 4 N–H and O–H groups in total. The Morgan fingerprint density at radius 3 is 2.17 bits per heavy atom. The van der Waals surface area contributed by atoms with Crippen molar-refractivity contribution in [1.82, 2.24) is 5.43 Å². The lowest BCUT2D eigenvalue weighted by atomic mass is 10.1. The summed E-state index contributed by atoms with van der Waals surface area (Å²) in [5.74, 6) is 1.07. The van der Waals surface area contributed by atoms with Crippen LogP contribution >= 0.6 is 11.8 Å². The molecular formula is C19H24N4O4S2. The predicted molar refractivity (Wildman–Crippen MR) is 118 cm³/mol. The topological polar surface area (TPSA) is 116 Å². The smallest absolute Gasteiger partial charge is 0.262 e. The highest BCUT2D eigenvalue weighted by Crippen LogP contribution is 2.27. The van der Waals surface area contributed by atoms with E-state index in [9.17, 15) is 18.0 Å². The number of benzene rings is 2. The molecule has 2 amide bonds. The van der Waals surface area contributed by atoms with Crippen molar-refractivity contribution in [3.63, 3.8) is 0 Å². The fourth-order valence-electron chi connectivity index (χ4n) is 2.78. The average molecular weight is 437 g/mol. The van der Waals surface area contributed by atoms with Gasteiger partial charge in [-0.1, -0.05) is 6.92 Å². The third-order valence-electron chi connectivity index (χ3n) is 3.86. The normalized spacial score (nSPS) is 10.9. The standard InChI is InChI=1S/C19H24N4O4S2/c1-4-28-11-18(25)21-17-9-13(2)19(14(3)10-17)29(26,27)23-16-7-5-15(6-8-16)22-20-12-24/h5-10,12,22-23H,4,11H2,1-3H3,(H,20,24)(H,21,25). The summed E-state index contributed by atoms with van der Waals surface area (Å²) in [7, 11) is -3.82. The zero-order valence-corrected chi connectivity index (χ0v) is 18.0. The van der Waals surface area contributed by atoms with Crippen LogP contribution in [0.5, 0.6) is 0 Å². The minimum atomic E-state index is -3.82. The number of carbonyl (C=O) groups is 2. The van der Waals surface area contributed by atoms with E-state index in [1.807, 2.05) is 6.92 Å². The third kappa shape index (κ3) is 6.40. The number of rotatable bonds is 10. The van der Waals surface area contributed by atoms with Gasteiger partial charge in [0.1, 0.15) is 0 Å². The first kappa shape index (κ1) is 22.6. The zero-order chi connectivity index (χ0) is 21.4. The predicted octanol–water partition coefficient (Wildman–Crippen LogP) is 2.87. The Labute approximate surface area is 174 Å². The number of carbonyl (C=O) groups excluding carboxylic acids is 2. The van der Waals surface area contributed by atoms with Gasteiger partial charge in [0.2, 0.25) is 12.3 Å². The molecule has 2 aromatic carbocycles. The molecule has 0 aliphatic rings. The van der Waals surface area contributed by atoms with Gasteiger partial charge in [-0.05, 0) is 67.1 Å². The molecule has 0 radical (unpaired) electrons. The van der Waals surface area contributed by atoms with Crippen molar-refractivity contribution < 1.29 is 18.0 Å². The number of hydrazine groups is 1. The SMILES string of the molecule is CCSCC(=O)Nc1cc(C)c(S(=O)(=O)Nc2ccc(NNC=O)cc2)c(C)c1. The molecule has 0 aliphatic heterocycles. The fraction of sp³-hybridized carbons (Fsp3) is 0.263. The minimum Gasteiger partial charge on any atom is -0.325 e. The second kappa shape index (κ2) is 10.2. The Hall–Kier alpha value is -2.72. The molecule has 0 saturated heterocycles. The number of hydrogen-bond acceptors (Lipinski definition) is 6. The van der Waals surface area contributed by atoms with Crippen LogP contribution in [0.15, 0.2) is 41.3 Å².